The topological polar surface area (TPSA) is 59.0 Å². The quantitative estimate of drug-likeness (QED) is 0.720. The van der Waals surface area contributed by atoms with Crippen LogP contribution in [0.25, 0.3) is 0 Å². The summed E-state index contributed by atoms with van der Waals surface area (Å²) in [6.07, 6.45) is -1.42. The molecule has 0 saturated heterocycles. The molecule has 1 unspecified atom stereocenters. The van der Waals surface area contributed by atoms with Crippen molar-refractivity contribution >= 4 is 5.97 Å². The van der Waals surface area contributed by atoms with Crippen molar-refractivity contribution in [2.24, 2.45) is 0 Å². The molecule has 1 heterocycles. The van der Waals surface area contributed by atoms with Crippen molar-refractivity contribution in [3.05, 3.63) is 47.9 Å². The van der Waals surface area contributed by atoms with E-state index in [2.05, 4.69) is 0 Å². The Kier molecular flexibility index (Phi) is 6.76. The average Bonchev–Trinajstić information content (AvgIpc) is 2.61. The van der Waals surface area contributed by atoms with Crippen LogP contribution in [0.4, 0.5) is 13.2 Å². The Labute approximate surface area is 155 Å². The molecule has 8 heteroatoms. The van der Waals surface area contributed by atoms with E-state index in [0.29, 0.717) is 23.9 Å². The van der Waals surface area contributed by atoms with Crippen LogP contribution in [0.15, 0.2) is 47.9 Å². The molecule has 27 heavy (non-hydrogen) atoms. The third-order valence-corrected chi connectivity index (χ3v) is 3.95. The summed E-state index contributed by atoms with van der Waals surface area (Å²) in [5.41, 5.74) is -0.614. The molecule has 0 bridgehead atoms. The van der Waals surface area contributed by atoms with Crippen LogP contribution >= 0.6 is 0 Å². The molecule has 0 spiro atoms. The molecule has 2 rings (SSSR count). The van der Waals surface area contributed by atoms with Gasteiger partial charge in [-0.2, -0.15) is 13.2 Å². The van der Waals surface area contributed by atoms with Gasteiger partial charge < -0.3 is 19.5 Å². The van der Waals surface area contributed by atoms with Gasteiger partial charge in [-0.15, -0.1) is 0 Å². The first-order valence-electron chi connectivity index (χ1n) is 8.61. The minimum Gasteiger partial charge on any atom is -0.479 e. The lowest BCUT2D eigenvalue weighted by atomic mass is 10.1. The van der Waals surface area contributed by atoms with Gasteiger partial charge >= 0.3 is 12.1 Å². The minimum absolute atomic E-state index is 0.257. The van der Waals surface area contributed by atoms with Crippen LogP contribution in [-0.2, 0) is 4.79 Å². The largest absolute Gasteiger partial charge is 0.479 e. The summed E-state index contributed by atoms with van der Waals surface area (Å²) < 4.78 is 49.9. The number of halogens is 3. The van der Waals surface area contributed by atoms with E-state index in [-0.39, 0.29) is 6.54 Å². The number of rotatable bonds is 8. The third-order valence-electron chi connectivity index (χ3n) is 3.95. The summed E-state index contributed by atoms with van der Waals surface area (Å²) in [5.74, 6) is 0.0319. The highest BCUT2D eigenvalue weighted by molar-refractivity contribution is 5.72. The Balaban J connectivity index is 2.11. The fraction of sp³-hybridized carbons (Fsp3) is 0.421. The first kappa shape index (κ1) is 20.7. The maximum absolute atomic E-state index is 13.0. The van der Waals surface area contributed by atoms with Crippen LogP contribution in [0.2, 0.25) is 0 Å². The molecule has 0 amide bonds. The van der Waals surface area contributed by atoms with Crippen LogP contribution in [0.1, 0.15) is 26.7 Å². The van der Waals surface area contributed by atoms with Crippen LogP contribution in [0.3, 0.4) is 0 Å². The van der Waals surface area contributed by atoms with Crippen LogP contribution in [0.5, 0.6) is 11.5 Å². The number of nitrogens with zero attached hydrogens (tertiary/aromatic N) is 1. The van der Waals surface area contributed by atoms with Crippen molar-refractivity contribution in [2.75, 3.05) is 13.1 Å². The molecular weight excluding hydrogens is 363 g/mol. The summed E-state index contributed by atoms with van der Waals surface area (Å²) >= 11 is 0. The van der Waals surface area contributed by atoms with Crippen molar-refractivity contribution < 1.29 is 32.5 Å². The average molecular weight is 385 g/mol. The number of hydrogen-bond donors (Lipinski definition) is 1. The zero-order chi connectivity index (χ0) is 20.0. The number of alkyl halides is 3. The maximum atomic E-state index is 13.0. The SMILES string of the molecule is CCCCN1CC(C(F)(F)F)=CC=C1Oc1ccc(OC(C)C(=O)O)cc1. The van der Waals surface area contributed by atoms with Gasteiger partial charge in [0, 0.05) is 6.54 Å². The minimum atomic E-state index is -4.37. The fourth-order valence-electron chi connectivity index (χ4n) is 2.40. The number of unbranched alkanes of at least 4 members (excludes halogenated alkanes) is 1. The summed E-state index contributed by atoms with van der Waals surface area (Å²) in [6.45, 7) is 3.57. The molecule has 148 valence electrons. The second kappa shape index (κ2) is 8.83. The molecule has 0 aromatic heterocycles. The molecular formula is C19H22F3NO4. The maximum Gasteiger partial charge on any atom is 0.414 e. The second-order valence-corrected chi connectivity index (χ2v) is 6.14. The van der Waals surface area contributed by atoms with Crippen molar-refractivity contribution in [2.45, 2.75) is 39.0 Å². The van der Waals surface area contributed by atoms with Gasteiger partial charge in [0.15, 0.2) is 12.0 Å². The van der Waals surface area contributed by atoms with E-state index in [0.717, 1.165) is 18.9 Å². The van der Waals surface area contributed by atoms with Gasteiger partial charge in [-0.25, -0.2) is 4.79 Å². The lowest BCUT2D eigenvalue weighted by molar-refractivity contribution is -0.144. The number of carbonyl (C=O) groups is 1. The van der Waals surface area contributed by atoms with Gasteiger partial charge in [-0.05, 0) is 49.8 Å². The Morgan fingerprint density at radius 3 is 2.41 bits per heavy atom. The zero-order valence-electron chi connectivity index (χ0n) is 15.1. The number of ether oxygens (including phenoxy) is 2. The Bertz CT molecular complexity index is 711. The molecule has 5 nitrogen and oxygen atoms in total. The van der Waals surface area contributed by atoms with Gasteiger partial charge in [0.2, 0.25) is 0 Å². The molecule has 1 aromatic rings. The molecule has 1 aliphatic rings. The molecule has 1 aliphatic heterocycles. The van der Waals surface area contributed by atoms with Crippen LogP contribution in [0, 0.1) is 0 Å². The van der Waals surface area contributed by atoms with Gasteiger partial charge in [-0.3, -0.25) is 0 Å². The molecule has 1 atom stereocenters. The van der Waals surface area contributed by atoms with E-state index in [9.17, 15) is 18.0 Å². The fourth-order valence-corrected chi connectivity index (χ4v) is 2.40. The Morgan fingerprint density at radius 1 is 1.22 bits per heavy atom. The normalized spacial score (nSPS) is 15.7. The number of carboxylic acid groups (broad SMARTS) is 1. The smallest absolute Gasteiger partial charge is 0.414 e. The molecule has 1 N–H and O–H groups in total. The molecule has 1 aromatic carbocycles. The third kappa shape index (κ3) is 5.94. The predicted octanol–water partition coefficient (Wildman–Crippen LogP) is 4.36. The number of allylic oxidation sites excluding steroid dienone is 2. The van der Waals surface area contributed by atoms with Crippen molar-refractivity contribution in [3.63, 3.8) is 0 Å². The van der Waals surface area contributed by atoms with Gasteiger partial charge in [0.1, 0.15) is 11.5 Å². The lowest BCUT2D eigenvalue weighted by Crippen LogP contribution is -2.35. The van der Waals surface area contributed by atoms with Crippen molar-refractivity contribution in [1.82, 2.24) is 4.90 Å². The number of carboxylic acids is 1. The Hall–Kier alpha value is -2.64. The van der Waals surface area contributed by atoms with E-state index in [1.165, 1.54) is 13.0 Å². The number of aliphatic carboxylic acids is 1. The highest BCUT2D eigenvalue weighted by Gasteiger charge is 2.36. The number of benzene rings is 1. The summed E-state index contributed by atoms with van der Waals surface area (Å²) in [6, 6.07) is 6.24. The standard InChI is InChI=1S/C19H22F3NO4/c1-3-4-11-23-12-14(19(20,21)22)5-10-17(23)27-16-8-6-15(7-9-16)26-13(2)18(24)25/h5-10,13H,3-4,11-12H2,1-2H3,(H,24,25). The molecule has 0 aliphatic carbocycles. The highest BCUT2D eigenvalue weighted by Crippen LogP contribution is 2.31. The van der Waals surface area contributed by atoms with Crippen molar-refractivity contribution in [1.29, 1.82) is 0 Å². The summed E-state index contributed by atoms with van der Waals surface area (Å²) in [5, 5.41) is 8.84. The molecule has 0 saturated carbocycles. The van der Waals surface area contributed by atoms with E-state index in [1.807, 2.05) is 6.92 Å². The Morgan fingerprint density at radius 2 is 1.85 bits per heavy atom. The van der Waals surface area contributed by atoms with Crippen LogP contribution in [-0.4, -0.2) is 41.3 Å². The van der Waals surface area contributed by atoms with Gasteiger partial charge in [0.05, 0.1) is 12.1 Å². The van der Waals surface area contributed by atoms with E-state index in [1.54, 1.807) is 29.2 Å². The first-order valence-corrected chi connectivity index (χ1v) is 8.61. The summed E-state index contributed by atoms with van der Waals surface area (Å²) in [4.78, 5) is 12.4. The lowest BCUT2D eigenvalue weighted by Gasteiger charge is -2.31. The van der Waals surface area contributed by atoms with E-state index in [4.69, 9.17) is 14.6 Å². The molecule has 0 radical (unpaired) electrons. The van der Waals surface area contributed by atoms with Gasteiger partial charge in [0.25, 0.3) is 0 Å². The predicted molar refractivity (Wildman–Crippen MR) is 93.5 cm³/mol. The second-order valence-electron chi connectivity index (χ2n) is 6.14. The first-order chi connectivity index (χ1) is 12.7. The molecule has 0 fully saturated rings. The van der Waals surface area contributed by atoms with Crippen molar-refractivity contribution in [3.8, 4) is 11.5 Å². The highest BCUT2D eigenvalue weighted by atomic mass is 19.4. The van der Waals surface area contributed by atoms with Crippen LogP contribution < -0.4 is 9.47 Å². The number of hydrogen-bond acceptors (Lipinski definition) is 4. The summed E-state index contributed by atoms with van der Waals surface area (Å²) in [7, 11) is 0. The zero-order valence-corrected chi connectivity index (χ0v) is 15.1. The monoisotopic (exact) mass is 385 g/mol. The van der Waals surface area contributed by atoms with E-state index < -0.39 is 23.8 Å². The van der Waals surface area contributed by atoms with Gasteiger partial charge in [-0.1, -0.05) is 13.3 Å². The van der Waals surface area contributed by atoms with E-state index >= 15 is 0 Å².